The number of nitrogen functional groups attached to an aromatic ring is 1. The first-order valence-electron chi connectivity index (χ1n) is 9.45. The number of ether oxygens (including phenoxy) is 1. The van der Waals surface area contributed by atoms with Gasteiger partial charge in [0.2, 0.25) is 11.8 Å². The molecule has 156 valence electrons. The Balaban J connectivity index is 1.89. The average molecular weight is 415 g/mol. The van der Waals surface area contributed by atoms with Crippen LogP contribution in [0.4, 0.5) is 19.1 Å². The highest BCUT2D eigenvalue weighted by molar-refractivity contribution is 5.85. The first-order valence-corrected chi connectivity index (χ1v) is 9.45. The Bertz CT molecular complexity index is 1060. The molecule has 1 saturated heterocycles. The van der Waals surface area contributed by atoms with E-state index in [1.165, 1.54) is 18.2 Å². The zero-order valence-corrected chi connectivity index (χ0v) is 16.2. The lowest BCUT2D eigenvalue weighted by Crippen LogP contribution is -2.45. The van der Waals surface area contributed by atoms with Crippen molar-refractivity contribution in [3.8, 4) is 28.3 Å². The summed E-state index contributed by atoms with van der Waals surface area (Å²) in [6.07, 6.45) is -2.74. The van der Waals surface area contributed by atoms with Crippen molar-refractivity contribution >= 4 is 5.95 Å². The minimum Gasteiger partial charge on any atom is -0.477 e. The van der Waals surface area contributed by atoms with Crippen LogP contribution in [0, 0.1) is 18.7 Å². The van der Waals surface area contributed by atoms with E-state index in [9.17, 15) is 13.2 Å². The molecule has 9 heteroatoms. The fourth-order valence-electron chi connectivity index (χ4n) is 3.25. The Morgan fingerprint density at radius 2 is 1.83 bits per heavy atom. The number of rotatable bonds is 6. The first-order chi connectivity index (χ1) is 14.4. The monoisotopic (exact) mass is 415 g/mol. The fourth-order valence-corrected chi connectivity index (χ4v) is 3.25. The number of halogens is 3. The summed E-state index contributed by atoms with van der Waals surface area (Å²) in [5, 5.41) is 3.16. The number of aromatic nitrogens is 3. The van der Waals surface area contributed by atoms with Crippen molar-refractivity contribution in [3.05, 3.63) is 53.6 Å². The molecule has 3 aromatic rings. The lowest BCUT2D eigenvalue weighted by molar-refractivity contribution is 0.146. The van der Waals surface area contributed by atoms with Crippen molar-refractivity contribution in [2.24, 2.45) is 5.92 Å². The maximum atomic E-state index is 13.5. The van der Waals surface area contributed by atoms with Gasteiger partial charge in [-0.25, -0.2) is 18.2 Å². The lowest BCUT2D eigenvalue weighted by atomic mass is 9.99. The molecule has 4 rings (SSSR count). The Morgan fingerprint density at radius 3 is 2.47 bits per heavy atom. The zero-order valence-electron chi connectivity index (χ0n) is 16.2. The molecule has 0 amide bonds. The molecular formula is C21H20F3N5O. The van der Waals surface area contributed by atoms with Crippen LogP contribution in [-0.2, 0) is 0 Å². The third-order valence-corrected chi connectivity index (χ3v) is 4.82. The fraction of sp³-hybridized carbons (Fsp3) is 0.286. The second kappa shape index (κ2) is 8.27. The Labute approximate surface area is 171 Å². The van der Waals surface area contributed by atoms with Gasteiger partial charge in [-0.1, -0.05) is 0 Å². The van der Waals surface area contributed by atoms with Crippen LogP contribution in [-0.4, -0.2) is 34.6 Å². The highest BCUT2D eigenvalue weighted by Crippen LogP contribution is 2.39. The number of hydrogen-bond donors (Lipinski definition) is 2. The predicted molar refractivity (Wildman–Crippen MR) is 107 cm³/mol. The van der Waals surface area contributed by atoms with E-state index in [1.807, 2.05) is 0 Å². The van der Waals surface area contributed by atoms with Gasteiger partial charge in [0.25, 0.3) is 6.43 Å². The second-order valence-corrected chi connectivity index (χ2v) is 7.18. The molecule has 0 bridgehead atoms. The molecule has 3 heterocycles. The minimum absolute atomic E-state index is 0.0281. The molecule has 30 heavy (non-hydrogen) atoms. The van der Waals surface area contributed by atoms with E-state index in [1.54, 1.807) is 25.1 Å². The standard InChI is InChI=1S/C21H20F3N5O/c1-11-6-14(7-16(27-11)19(23)24)17-18(13-2-4-15(22)5-3-13)28-21(25)29-20(17)30-10-12-8-26-9-12/h2-7,12,19,26H,8-10H2,1H3,(H2,25,28,29). The molecule has 0 unspecified atom stereocenters. The SMILES string of the molecule is Cc1cc(-c2c(OCC3CNC3)nc(N)nc2-c2ccc(F)cc2)cc(C(F)F)n1. The van der Waals surface area contributed by atoms with Crippen LogP contribution in [0.3, 0.4) is 0 Å². The maximum absolute atomic E-state index is 13.5. The molecule has 0 aliphatic carbocycles. The summed E-state index contributed by atoms with van der Waals surface area (Å²) in [5.74, 6) is 0.0781. The number of anilines is 1. The molecule has 1 aliphatic rings. The van der Waals surface area contributed by atoms with Crippen LogP contribution in [0.1, 0.15) is 17.8 Å². The van der Waals surface area contributed by atoms with E-state index < -0.39 is 12.2 Å². The lowest BCUT2D eigenvalue weighted by Gasteiger charge is -2.27. The number of benzene rings is 1. The van der Waals surface area contributed by atoms with Crippen molar-refractivity contribution in [2.45, 2.75) is 13.3 Å². The van der Waals surface area contributed by atoms with Gasteiger partial charge in [-0.2, -0.15) is 4.98 Å². The topological polar surface area (TPSA) is 86.0 Å². The summed E-state index contributed by atoms with van der Waals surface area (Å²) >= 11 is 0. The molecule has 1 aliphatic heterocycles. The third kappa shape index (κ3) is 4.20. The van der Waals surface area contributed by atoms with Gasteiger partial charge in [0.15, 0.2) is 0 Å². The van der Waals surface area contributed by atoms with Crippen molar-refractivity contribution in [1.29, 1.82) is 0 Å². The van der Waals surface area contributed by atoms with Crippen LogP contribution in [0.2, 0.25) is 0 Å². The molecule has 3 N–H and O–H groups in total. The molecule has 2 aromatic heterocycles. The minimum atomic E-state index is -2.74. The number of hydrogen-bond acceptors (Lipinski definition) is 6. The van der Waals surface area contributed by atoms with Gasteiger partial charge < -0.3 is 15.8 Å². The first kappa shape index (κ1) is 20.1. The van der Waals surface area contributed by atoms with Crippen molar-refractivity contribution in [1.82, 2.24) is 20.3 Å². The van der Waals surface area contributed by atoms with Crippen LogP contribution in [0.25, 0.3) is 22.4 Å². The quantitative estimate of drug-likeness (QED) is 0.638. The summed E-state index contributed by atoms with van der Waals surface area (Å²) in [4.78, 5) is 12.5. The predicted octanol–water partition coefficient (Wildman–Crippen LogP) is 3.77. The summed E-state index contributed by atoms with van der Waals surface area (Å²) in [6, 6.07) is 8.62. The molecule has 0 spiro atoms. The van der Waals surface area contributed by atoms with Crippen molar-refractivity contribution in [3.63, 3.8) is 0 Å². The summed E-state index contributed by atoms with van der Waals surface area (Å²) < 4.78 is 46.2. The van der Waals surface area contributed by atoms with E-state index >= 15 is 0 Å². The number of nitrogens with one attached hydrogen (secondary N) is 1. The molecule has 1 fully saturated rings. The molecule has 6 nitrogen and oxygen atoms in total. The smallest absolute Gasteiger partial charge is 0.280 e. The second-order valence-electron chi connectivity index (χ2n) is 7.18. The van der Waals surface area contributed by atoms with Crippen LogP contribution in [0.15, 0.2) is 36.4 Å². The van der Waals surface area contributed by atoms with Gasteiger partial charge in [-0.15, -0.1) is 0 Å². The van der Waals surface area contributed by atoms with Crippen LogP contribution < -0.4 is 15.8 Å². The number of nitrogens with two attached hydrogens (primary N) is 1. The summed E-state index contributed by atoms with van der Waals surface area (Å²) in [5.41, 5.74) is 7.74. The number of aryl methyl sites for hydroxylation is 1. The molecule has 0 saturated carbocycles. The molecular weight excluding hydrogens is 395 g/mol. The van der Waals surface area contributed by atoms with Crippen LogP contribution >= 0.6 is 0 Å². The molecule has 0 atom stereocenters. The largest absolute Gasteiger partial charge is 0.477 e. The van der Waals surface area contributed by atoms with E-state index in [2.05, 4.69) is 20.3 Å². The van der Waals surface area contributed by atoms with E-state index in [4.69, 9.17) is 10.5 Å². The van der Waals surface area contributed by atoms with Gasteiger partial charge >= 0.3 is 0 Å². The number of alkyl halides is 2. The third-order valence-electron chi connectivity index (χ3n) is 4.82. The normalized spacial score (nSPS) is 14.0. The number of pyridine rings is 1. The average Bonchev–Trinajstić information content (AvgIpc) is 2.66. The Kier molecular flexibility index (Phi) is 5.54. The van der Waals surface area contributed by atoms with Gasteiger partial charge in [0.05, 0.1) is 17.9 Å². The maximum Gasteiger partial charge on any atom is 0.280 e. The summed E-state index contributed by atoms with van der Waals surface area (Å²) in [6.45, 7) is 3.67. The van der Waals surface area contributed by atoms with Crippen molar-refractivity contribution < 1.29 is 17.9 Å². The van der Waals surface area contributed by atoms with Gasteiger partial charge in [-0.3, -0.25) is 4.98 Å². The van der Waals surface area contributed by atoms with E-state index in [-0.39, 0.29) is 17.5 Å². The Hall–Kier alpha value is -3.20. The summed E-state index contributed by atoms with van der Waals surface area (Å²) in [7, 11) is 0. The highest BCUT2D eigenvalue weighted by atomic mass is 19.3. The van der Waals surface area contributed by atoms with E-state index in [0.717, 1.165) is 13.1 Å². The zero-order chi connectivity index (χ0) is 21.3. The Morgan fingerprint density at radius 1 is 1.10 bits per heavy atom. The van der Waals surface area contributed by atoms with Crippen LogP contribution in [0.5, 0.6) is 5.88 Å². The van der Waals surface area contributed by atoms with Crippen molar-refractivity contribution in [2.75, 3.05) is 25.4 Å². The number of nitrogens with zero attached hydrogens (tertiary/aromatic N) is 3. The molecule has 1 aromatic carbocycles. The van der Waals surface area contributed by atoms with Gasteiger partial charge in [0, 0.05) is 30.3 Å². The highest BCUT2D eigenvalue weighted by Gasteiger charge is 2.23. The van der Waals surface area contributed by atoms with Gasteiger partial charge in [-0.05, 0) is 48.9 Å². The van der Waals surface area contributed by atoms with Gasteiger partial charge in [0.1, 0.15) is 11.5 Å². The molecule has 0 radical (unpaired) electrons. The van der Waals surface area contributed by atoms with E-state index in [0.29, 0.717) is 40.6 Å².